The van der Waals surface area contributed by atoms with Gasteiger partial charge in [0.1, 0.15) is 17.8 Å². The highest BCUT2D eigenvalue weighted by Gasteiger charge is 2.51. The lowest BCUT2D eigenvalue weighted by Gasteiger charge is -2.20. The molecule has 1 aliphatic heterocycles. The van der Waals surface area contributed by atoms with Crippen molar-refractivity contribution < 1.29 is 9.59 Å². The SMILES string of the molecule is O=CCc1cc2c(cc1N=O)CC1(C2)C(=O)Nc2ncccc21. The molecule has 2 heterocycles. The number of nitroso groups, excluding NO2 is 1. The fourth-order valence-corrected chi connectivity index (χ4v) is 3.70. The van der Waals surface area contributed by atoms with Crippen LogP contribution in [0, 0.1) is 4.91 Å². The van der Waals surface area contributed by atoms with Crippen molar-refractivity contribution in [2.45, 2.75) is 24.7 Å². The number of rotatable bonds is 3. The zero-order chi connectivity index (χ0) is 16.0. The number of nitrogens with zero attached hydrogens (tertiary/aromatic N) is 2. The van der Waals surface area contributed by atoms with E-state index in [9.17, 15) is 14.5 Å². The fourth-order valence-electron chi connectivity index (χ4n) is 3.70. The molecule has 0 bridgehead atoms. The highest BCUT2D eigenvalue weighted by Crippen LogP contribution is 2.47. The van der Waals surface area contributed by atoms with Crippen molar-refractivity contribution in [3.63, 3.8) is 0 Å². The van der Waals surface area contributed by atoms with Crippen molar-refractivity contribution in [3.05, 3.63) is 57.6 Å². The van der Waals surface area contributed by atoms with Crippen LogP contribution in [0.4, 0.5) is 11.5 Å². The second kappa shape index (κ2) is 4.81. The van der Waals surface area contributed by atoms with Gasteiger partial charge in [0, 0.05) is 18.2 Å². The molecule has 1 aromatic heterocycles. The van der Waals surface area contributed by atoms with Gasteiger partial charge in [0.2, 0.25) is 5.91 Å². The summed E-state index contributed by atoms with van der Waals surface area (Å²) in [6.07, 6.45) is 3.60. The highest BCUT2D eigenvalue weighted by atomic mass is 16.3. The maximum Gasteiger partial charge on any atom is 0.237 e. The predicted molar refractivity (Wildman–Crippen MR) is 83.6 cm³/mol. The molecule has 1 spiro atoms. The van der Waals surface area contributed by atoms with Gasteiger partial charge in [0.25, 0.3) is 0 Å². The van der Waals surface area contributed by atoms with Crippen LogP contribution in [0.2, 0.25) is 0 Å². The van der Waals surface area contributed by atoms with E-state index in [0.29, 0.717) is 24.2 Å². The number of amides is 1. The Morgan fingerprint density at radius 3 is 2.83 bits per heavy atom. The average molecular weight is 307 g/mol. The van der Waals surface area contributed by atoms with E-state index in [1.165, 1.54) is 0 Å². The summed E-state index contributed by atoms with van der Waals surface area (Å²) in [4.78, 5) is 38.6. The number of carbonyl (C=O) groups excluding carboxylic acids is 2. The number of aldehydes is 1. The Kier molecular flexibility index (Phi) is 2.87. The lowest BCUT2D eigenvalue weighted by molar-refractivity contribution is -0.120. The molecule has 1 atom stereocenters. The minimum absolute atomic E-state index is 0.0695. The van der Waals surface area contributed by atoms with Crippen LogP contribution in [0.25, 0.3) is 0 Å². The van der Waals surface area contributed by atoms with Crippen molar-refractivity contribution in [3.8, 4) is 0 Å². The first kappa shape index (κ1) is 13.8. The number of hydrogen-bond acceptors (Lipinski definition) is 5. The van der Waals surface area contributed by atoms with Crippen LogP contribution < -0.4 is 5.32 Å². The monoisotopic (exact) mass is 307 g/mol. The molecule has 6 nitrogen and oxygen atoms in total. The number of hydrogen-bond donors (Lipinski definition) is 1. The van der Waals surface area contributed by atoms with Crippen LogP contribution in [-0.4, -0.2) is 17.2 Å². The normalized spacial score (nSPS) is 21.0. The van der Waals surface area contributed by atoms with Gasteiger partial charge in [0.05, 0.1) is 5.41 Å². The number of fused-ring (bicyclic) bond motifs is 3. The van der Waals surface area contributed by atoms with Crippen molar-refractivity contribution in [1.82, 2.24) is 4.98 Å². The van der Waals surface area contributed by atoms with E-state index in [1.807, 2.05) is 18.2 Å². The maximum absolute atomic E-state index is 12.6. The van der Waals surface area contributed by atoms with E-state index >= 15 is 0 Å². The standard InChI is InChI=1S/C17H13N3O3/c21-5-3-10-6-11-8-17(9-12(11)7-14(10)20-23)13-2-1-4-18-15(13)19-16(17)22/h1-2,4-7H,3,8-9H2,(H,18,19,22). The van der Waals surface area contributed by atoms with Gasteiger partial charge in [-0.15, -0.1) is 4.91 Å². The number of benzene rings is 1. The lowest BCUT2D eigenvalue weighted by atomic mass is 9.79. The summed E-state index contributed by atoms with van der Waals surface area (Å²) >= 11 is 0. The van der Waals surface area contributed by atoms with Gasteiger partial charge in [-0.3, -0.25) is 4.79 Å². The molecule has 1 N–H and O–H groups in total. The Morgan fingerprint density at radius 2 is 2.09 bits per heavy atom. The molecule has 1 unspecified atom stereocenters. The minimum atomic E-state index is -0.675. The van der Waals surface area contributed by atoms with Crippen molar-refractivity contribution >= 4 is 23.7 Å². The summed E-state index contributed by atoms with van der Waals surface area (Å²) in [6, 6.07) is 7.27. The molecule has 114 valence electrons. The molecule has 1 amide bonds. The molecule has 1 aromatic carbocycles. The maximum atomic E-state index is 12.6. The summed E-state index contributed by atoms with van der Waals surface area (Å²) < 4.78 is 0. The second-order valence-electron chi connectivity index (χ2n) is 6.00. The number of anilines is 1. The molecule has 0 saturated carbocycles. The van der Waals surface area contributed by atoms with Gasteiger partial charge < -0.3 is 10.1 Å². The lowest BCUT2D eigenvalue weighted by Crippen LogP contribution is -2.35. The third kappa shape index (κ3) is 1.84. The summed E-state index contributed by atoms with van der Waals surface area (Å²) in [7, 11) is 0. The number of nitrogens with one attached hydrogen (secondary N) is 1. The van der Waals surface area contributed by atoms with E-state index in [0.717, 1.165) is 23.0 Å². The van der Waals surface area contributed by atoms with Crippen LogP contribution in [0.1, 0.15) is 22.3 Å². The van der Waals surface area contributed by atoms with Crippen molar-refractivity contribution in [2.24, 2.45) is 5.18 Å². The van der Waals surface area contributed by atoms with E-state index < -0.39 is 5.41 Å². The average Bonchev–Trinajstić information content (AvgIpc) is 3.06. The highest BCUT2D eigenvalue weighted by molar-refractivity contribution is 6.06. The Balaban J connectivity index is 1.83. The molecule has 23 heavy (non-hydrogen) atoms. The Labute approximate surface area is 131 Å². The predicted octanol–water partition coefficient (Wildman–Crippen LogP) is 2.21. The molecule has 1 aliphatic carbocycles. The van der Waals surface area contributed by atoms with Crippen LogP contribution in [0.3, 0.4) is 0 Å². The minimum Gasteiger partial charge on any atom is -0.310 e. The summed E-state index contributed by atoms with van der Waals surface area (Å²) in [5.74, 6) is 0.534. The van der Waals surface area contributed by atoms with Gasteiger partial charge in [-0.1, -0.05) is 12.1 Å². The van der Waals surface area contributed by atoms with Crippen LogP contribution in [-0.2, 0) is 34.3 Å². The van der Waals surface area contributed by atoms with E-state index in [2.05, 4.69) is 15.5 Å². The Hall–Kier alpha value is -2.89. The number of aromatic nitrogens is 1. The molecule has 4 rings (SSSR count). The van der Waals surface area contributed by atoms with Crippen LogP contribution in [0.5, 0.6) is 0 Å². The number of carbonyl (C=O) groups is 2. The van der Waals surface area contributed by atoms with Crippen molar-refractivity contribution in [1.29, 1.82) is 0 Å². The first-order valence-electron chi connectivity index (χ1n) is 7.36. The smallest absolute Gasteiger partial charge is 0.237 e. The quantitative estimate of drug-likeness (QED) is 0.695. The molecule has 0 saturated heterocycles. The van der Waals surface area contributed by atoms with Crippen molar-refractivity contribution in [2.75, 3.05) is 5.32 Å². The van der Waals surface area contributed by atoms with Gasteiger partial charge >= 0.3 is 0 Å². The Morgan fingerprint density at radius 1 is 1.30 bits per heavy atom. The Bertz CT molecular complexity index is 862. The van der Waals surface area contributed by atoms with Gasteiger partial charge in [-0.2, -0.15) is 0 Å². The first-order valence-corrected chi connectivity index (χ1v) is 7.36. The van der Waals surface area contributed by atoms with Crippen LogP contribution in [0.15, 0.2) is 35.6 Å². The first-order chi connectivity index (χ1) is 11.2. The second-order valence-corrected chi connectivity index (χ2v) is 6.00. The third-order valence-corrected chi connectivity index (χ3v) is 4.78. The van der Waals surface area contributed by atoms with E-state index in [4.69, 9.17) is 0 Å². The molecule has 2 aromatic rings. The molecule has 0 radical (unpaired) electrons. The molecule has 6 heteroatoms. The van der Waals surface area contributed by atoms with Gasteiger partial charge in [0.15, 0.2) is 0 Å². The molecule has 2 aliphatic rings. The molecular formula is C17H13N3O3. The zero-order valence-electron chi connectivity index (χ0n) is 12.2. The number of pyridine rings is 1. The molecular weight excluding hydrogens is 294 g/mol. The fraction of sp³-hybridized carbons (Fsp3) is 0.235. The van der Waals surface area contributed by atoms with E-state index in [-0.39, 0.29) is 18.0 Å². The van der Waals surface area contributed by atoms with Gasteiger partial charge in [-0.25, -0.2) is 4.98 Å². The van der Waals surface area contributed by atoms with Gasteiger partial charge in [-0.05, 0) is 46.8 Å². The summed E-state index contributed by atoms with van der Waals surface area (Å²) in [5.41, 5.74) is 3.01. The third-order valence-electron chi connectivity index (χ3n) is 4.78. The summed E-state index contributed by atoms with van der Waals surface area (Å²) in [5, 5.41) is 5.87. The largest absolute Gasteiger partial charge is 0.310 e. The molecule has 0 fully saturated rings. The summed E-state index contributed by atoms with van der Waals surface area (Å²) in [6.45, 7) is 0. The van der Waals surface area contributed by atoms with E-state index in [1.54, 1.807) is 12.3 Å². The van der Waals surface area contributed by atoms with Crippen LogP contribution >= 0.6 is 0 Å². The topological polar surface area (TPSA) is 88.5 Å². The zero-order valence-corrected chi connectivity index (χ0v) is 12.2.